The number of rotatable bonds is 34. The zero-order chi connectivity index (χ0) is 43.8. The van der Waals surface area contributed by atoms with Crippen molar-refractivity contribution in [1.29, 1.82) is 0 Å². The standard InChI is InChI=1S/C59H97N2/c1-9-11-13-15-17-19-21-23-25-27-29-31-33-35-42-50(3)60-54-46-39-37-44-52(54)58(5,6)56(60)48-41-49-57-59(7,8)53-45-38-40-47-55(53)61(57)51(4)43-36-34-32-30-28-26-24-22-20-18-16-14-12-10-2/h37-41,44-51H,9-36,42-43H2,1-8H3/q+1. The molecule has 0 radical (unpaired) electrons. The molecule has 2 atom stereocenters. The van der Waals surface area contributed by atoms with Crippen LogP contribution in [0.4, 0.5) is 11.4 Å². The molecule has 2 aliphatic heterocycles. The van der Waals surface area contributed by atoms with E-state index in [4.69, 9.17) is 0 Å². The molecule has 0 N–H and O–H groups in total. The van der Waals surface area contributed by atoms with Gasteiger partial charge in [-0.1, -0.05) is 244 Å². The predicted octanol–water partition coefficient (Wildman–Crippen LogP) is 18.8. The Morgan fingerprint density at radius 1 is 0.492 bits per heavy atom. The zero-order valence-electron chi connectivity index (χ0n) is 41.6. The van der Waals surface area contributed by atoms with Gasteiger partial charge in [-0.2, -0.15) is 4.58 Å². The average Bonchev–Trinajstić information content (AvgIpc) is 3.62. The topological polar surface area (TPSA) is 6.25 Å². The molecule has 2 nitrogen and oxygen atoms in total. The maximum Gasteiger partial charge on any atom is 0.209 e. The van der Waals surface area contributed by atoms with Crippen molar-refractivity contribution >= 4 is 17.1 Å². The minimum Gasteiger partial charge on any atom is -0.341 e. The van der Waals surface area contributed by atoms with Gasteiger partial charge in [-0.15, -0.1) is 0 Å². The summed E-state index contributed by atoms with van der Waals surface area (Å²) in [7, 11) is 0. The first-order valence-electron chi connectivity index (χ1n) is 26.7. The fraction of sp³-hybridized carbons (Fsp3) is 0.712. The monoisotopic (exact) mass is 834 g/mol. The van der Waals surface area contributed by atoms with Crippen molar-refractivity contribution < 1.29 is 4.58 Å². The lowest BCUT2D eigenvalue weighted by Gasteiger charge is -2.32. The molecule has 2 aliphatic rings. The molecule has 0 aliphatic carbocycles. The van der Waals surface area contributed by atoms with Gasteiger partial charge in [0.05, 0.1) is 5.41 Å². The van der Waals surface area contributed by atoms with E-state index < -0.39 is 0 Å². The van der Waals surface area contributed by atoms with Crippen LogP contribution in [0, 0.1) is 0 Å². The second-order valence-electron chi connectivity index (χ2n) is 20.8. The van der Waals surface area contributed by atoms with Crippen LogP contribution < -0.4 is 4.90 Å². The molecule has 2 aromatic rings. The highest BCUT2D eigenvalue weighted by molar-refractivity contribution is 6.03. The Morgan fingerprint density at radius 3 is 1.39 bits per heavy atom. The van der Waals surface area contributed by atoms with Crippen molar-refractivity contribution in [3.05, 3.63) is 83.6 Å². The second-order valence-corrected chi connectivity index (χ2v) is 20.8. The van der Waals surface area contributed by atoms with Gasteiger partial charge >= 0.3 is 0 Å². The average molecular weight is 834 g/mol. The van der Waals surface area contributed by atoms with Gasteiger partial charge in [-0.05, 0) is 58.2 Å². The van der Waals surface area contributed by atoms with Crippen LogP contribution in [0.3, 0.4) is 0 Å². The summed E-state index contributed by atoms with van der Waals surface area (Å²) in [5, 5.41) is 0. The van der Waals surface area contributed by atoms with Crippen molar-refractivity contribution in [2.45, 2.75) is 271 Å². The van der Waals surface area contributed by atoms with Crippen LogP contribution in [0.5, 0.6) is 0 Å². The van der Waals surface area contributed by atoms with E-state index in [1.165, 1.54) is 227 Å². The number of fused-ring (bicyclic) bond motifs is 2. The molecule has 2 unspecified atom stereocenters. The van der Waals surface area contributed by atoms with Crippen molar-refractivity contribution in [2.24, 2.45) is 0 Å². The molecule has 4 rings (SSSR count). The smallest absolute Gasteiger partial charge is 0.209 e. The molecule has 2 aromatic carbocycles. The van der Waals surface area contributed by atoms with Crippen LogP contribution in [0.25, 0.3) is 0 Å². The van der Waals surface area contributed by atoms with Gasteiger partial charge in [-0.25, -0.2) is 0 Å². The lowest BCUT2D eigenvalue weighted by atomic mass is 9.81. The van der Waals surface area contributed by atoms with Crippen molar-refractivity contribution in [1.82, 2.24) is 0 Å². The number of benzene rings is 2. The summed E-state index contributed by atoms with van der Waals surface area (Å²) < 4.78 is 2.71. The molecule has 2 heterocycles. The van der Waals surface area contributed by atoms with Crippen LogP contribution >= 0.6 is 0 Å². The van der Waals surface area contributed by atoms with Crippen molar-refractivity contribution in [3.8, 4) is 0 Å². The molecule has 0 saturated heterocycles. The third-order valence-corrected chi connectivity index (χ3v) is 14.8. The number of hydrogen-bond donors (Lipinski definition) is 0. The number of para-hydroxylation sites is 2. The van der Waals surface area contributed by atoms with E-state index in [9.17, 15) is 0 Å². The Bertz CT molecular complexity index is 1590. The molecule has 0 bridgehead atoms. The van der Waals surface area contributed by atoms with Gasteiger partial charge in [-0.3, -0.25) is 0 Å². The normalized spacial score (nSPS) is 17.2. The highest BCUT2D eigenvalue weighted by atomic mass is 15.2. The maximum absolute atomic E-state index is 2.71. The van der Waals surface area contributed by atoms with E-state index in [-0.39, 0.29) is 10.8 Å². The van der Waals surface area contributed by atoms with Crippen molar-refractivity contribution in [2.75, 3.05) is 4.90 Å². The second kappa shape index (κ2) is 28.2. The van der Waals surface area contributed by atoms with Gasteiger partial charge in [0.15, 0.2) is 11.8 Å². The van der Waals surface area contributed by atoms with Gasteiger partial charge in [0.25, 0.3) is 0 Å². The first kappa shape index (κ1) is 51.0. The molecule has 61 heavy (non-hydrogen) atoms. The molecule has 0 amide bonds. The fourth-order valence-corrected chi connectivity index (χ4v) is 10.8. The Labute approximate surface area is 379 Å². The largest absolute Gasteiger partial charge is 0.341 e. The lowest BCUT2D eigenvalue weighted by Crippen LogP contribution is -2.33. The van der Waals surface area contributed by atoms with Crippen LogP contribution in [-0.2, 0) is 10.8 Å². The third kappa shape index (κ3) is 15.9. The Balaban J connectivity index is 1.31. The van der Waals surface area contributed by atoms with Crippen LogP contribution in [-0.4, -0.2) is 22.4 Å². The molecular formula is C59H97N2+. The number of nitrogens with zero attached hydrogens (tertiary/aromatic N) is 2. The minimum absolute atomic E-state index is 0.0373. The van der Waals surface area contributed by atoms with Gasteiger partial charge in [0, 0.05) is 47.0 Å². The summed E-state index contributed by atoms with van der Waals surface area (Å²) in [5.41, 5.74) is 8.57. The molecule has 0 aromatic heterocycles. The quantitative estimate of drug-likeness (QED) is 0.0503. The van der Waals surface area contributed by atoms with E-state index in [1.54, 1.807) is 0 Å². The fourth-order valence-electron chi connectivity index (χ4n) is 10.8. The summed E-state index contributed by atoms with van der Waals surface area (Å²) in [6.07, 6.45) is 49.5. The molecule has 342 valence electrons. The number of allylic oxidation sites excluding steroid dienone is 4. The van der Waals surface area contributed by atoms with Gasteiger partial charge in [0.2, 0.25) is 5.69 Å². The van der Waals surface area contributed by atoms with Crippen LogP contribution in [0.15, 0.2) is 72.5 Å². The predicted molar refractivity (Wildman–Crippen MR) is 272 cm³/mol. The molecule has 0 fully saturated rings. The summed E-state index contributed by atoms with van der Waals surface area (Å²) in [5.74, 6) is 0. The van der Waals surface area contributed by atoms with E-state index in [2.05, 4.69) is 132 Å². The first-order valence-corrected chi connectivity index (χ1v) is 26.7. The van der Waals surface area contributed by atoms with Crippen molar-refractivity contribution in [3.63, 3.8) is 0 Å². The molecule has 0 saturated carbocycles. The molecule has 2 heteroatoms. The summed E-state index contributed by atoms with van der Waals surface area (Å²) in [4.78, 5) is 2.71. The summed E-state index contributed by atoms with van der Waals surface area (Å²) in [6, 6.07) is 19.4. The highest BCUT2D eigenvalue weighted by Gasteiger charge is 2.46. The van der Waals surface area contributed by atoms with Gasteiger partial charge < -0.3 is 4.90 Å². The Morgan fingerprint density at radius 2 is 0.902 bits per heavy atom. The first-order chi connectivity index (χ1) is 29.7. The van der Waals surface area contributed by atoms with E-state index in [0.717, 1.165) is 0 Å². The summed E-state index contributed by atoms with van der Waals surface area (Å²) in [6.45, 7) is 19.3. The number of hydrogen-bond acceptors (Lipinski definition) is 1. The zero-order valence-corrected chi connectivity index (χ0v) is 41.6. The number of anilines is 1. The highest BCUT2D eigenvalue weighted by Crippen LogP contribution is 2.49. The third-order valence-electron chi connectivity index (χ3n) is 14.8. The number of unbranched alkanes of at least 4 members (excludes halogenated alkanes) is 26. The minimum atomic E-state index is -0.0373. The maximum atomic E-state index is 2.71. The molecular weight excluding hydrogens is 737 g/mol. The molecule has 0 spiro atoms. The van der Waals surface area contributed by atoms with E-state index in [1.807, 2.05) is 0 Å². The lowest BCUT2D eigenvalue weighted by molar-refractivity contribution is -0.479. The van der Waals surface area contributed by atoms with Crippen LogP contribution in [0.2, 0.25) is 0 Å². The Hall–Kier alpha value is -2.61. The Kier molecular flexibility index (Phi) is 23.6. The van der Waals surface area contributed by atoms with Crippen LogP contribution in [0.1, 0.15) is 259 Å². The van der Waals surface area contributed by atoms with E-state index >= 15 is 0 Å². The SMILES string of the molecule is CCCCCCCCCCCCCCCCC(C)N1C(=CC=CC2=[N+](C(C)CCCCCCCCCCCCCCCC)c3ccccc3C2(C)C)C(C)(C)c2ccccc21. The van der Waals surface area contributed by atoms with Gasteiger partial charge in [0.1, 0.15) is 0 Å². The summed E-state index contributed by atoms with van der Waals surface area (Å²) >= 11 is 0. The van der Waals surface area contributed by atoms with E-state index in [0.29, 0.717) is 12.1 Å².